The number of ether oxygens (including phenoxy) is 2. The SMILES string of the molecule is CCCCCCCCCC/C=C/CC/C=C/CC/C=C/CCCC(O)C(O)C(COC1OC(CO)C(O)C(O)C1O)NC(=O)C(O)CCCCCCCCCCC. The molecular formula is C46H85NO10. The fraction of sp³-hybridized carbons (Fsp3) is 0.848. The van der Waals surface area contributed by atoms with E-state index in [1.165, 1.54) is 89.9 Å². The molecule has 0 aliphatic carbocycles. The molecule has 57 heavy (non-hydrogen) atoms. The monoisotopic (exact) mass is 812 g/mol. The zero-order valence-corrected chi connectivity index (χ0v) is 35.8. The molecule has 9 unspecified atom stereocenters. The summed E-state index contributed by atoms with van der Waals surface area (Å²) in [5.74, 6) is -0.717. The van der Waals surface area contributed by atoms with E-state index in [-0.39, 0.29) is 12.8 Å². The van der Waals surface area contributed by atoms with Gasteiger partial charge >= 0.3 is 0 Å². The maximum absolute atomic E-state index is 13.0. The first-order chi connectivity index (χ1) is 27.7. The molecule has 11 nitrogen and oxygen atoms in total. The third-order valence-electron chi connectivity index (χ3n) is 10.9. The van der Waals surface area contributed by atoms with Crippen LogP contribution in [0.1, 0.15) is 181 Å². The fourth-order valence-corrected chi connectivity index (χ4v) is 7.06. The van der Waals surface area contributed by atoms with Crippen molar-refractivity contribution in [3.05, 3.63) is 36.5 Å². The van der Waals surface area contributed by atoms with Gasteiger partial charge < -0.3 is 50.5 Å². The lowest BCUT2D eigenvalue weighted by Crippen LogP contribution is -2.60. The number of amides is 1. The first-order valence-electron chi connectivity index (χ1n) is 22.9. The van der Waals surface area contributed by atoms with Gasteiger partial charge in [0.1, 0.15) is 36.6 Å². The highest BCUT2D eigenvalue weighted by Crippen LogP contribution is 2.23. The second kappa shape index (κ2) is 36.2. The topological polar surface area (TPSA) is 189 Å². The number of hydrogen-bond donors (Lipinski definition) is 8. The van der Waals surface area contributed by atoms with E-state index in [1.807, 2.05) is 0 Å². The van der Waals surface area contributed by atoms with Crippen LogP contribution in [0.5, 0.6) is 0 Å². The standard InChI is InChI=1S/C46H85NO10/c1-3-5-7-9-11-13-14-15-16-17-18-19-20-21-22-23-24-26-27-29-31-33-38(49)41(51)37(36-56-46-44(54)43(53)42(52)40(35-48)57-46)47-45(55)39(50)34-32-30-28-25-12-10-8-6-4-2/h17-18,21-22,26-27,37-44,46,48-54H,3-16,19-20,23-25,28-36H2,1-2H3,(H,47,55)/b18-17+,22-21+,27-26+. The van der Waals surface area contributed by atoms with Crippen molar-refractivity contribution in [1.82, 2.24) is 5.32 Å². The fourth-order valence-electron chi connectivity index (χ4n) is 7.06. The summed E-state index contributed by atoms with van der Waals surface area (Å²) < 4.78 is 11.0. The van der Waals surface area contributed by atoms with Gasteiger partial charge in [0.2, 0.25) is 5.91 Å². The normalized spacial score (nSPS) is 22.4. The van der Waals surface area contributed by atoms with Gasteiger partial charge in [-0.25, -0.2) is 0 Å². The van der Waals surface area contributed by atoms with E-state index in [1.54, 1.807) is 0 Å². The van der Waals surface area contributed by atoms with Gasteiger partial charge in [0.15, 0.2) is 6.29 Å². The van der Waals surface area contributed by atoms with E-state index in [4.69, 9.17) is 9.47 Å². The number of hydrogen-bond acceptors (Lipinski definition) is 10. The summed E-state index contributed by atoms with van der Waals surface area (Å²) >= 11 is 0. The highest BCUT2D eigenvalue weighted by atomic mass is 16.7. The lowest BCUT2D eigenvalue weighted by Gasteiger charge is -2.40. The van der Waals surface area contributed by atoms with Crippen molar-refractivity contribution in [2.75, 3.05) is 13.2 Å². The molecular weight excluding hydrogens is 727 g/mol. The van der Waals surface area contributed by atoms with Crippen LogP contribution in [-0.2, 0) is 14.3 Å². The van der Waals surface area contributed by atoms with Crippen LogP contribution in [0.4, 0.5) is 0 Å². The molecule has 9 atom stereocenters. The molecule has 1 amide bonds. The number of carbonyl (C=O) groups is 1. The van der Waals surface area contributed by atoms with Gasteiger partial charge in [-0.2, -0.15) is 0 Å². The second-order valence-corrected chi connectivity index (χ2v) is 16.1. The number of rotatable bonds is 37. The van der Waals surface area contributed by atoms with Gasteiger partial charge in [-0.3, -0.25) is 4.79 Å². The van der Waals surface area contributed by atoms with Crippen LogP contribution in [0.25, 0.3) is 0 Å². The van der Waals surface area contributed by atoms with Gasteiger partial charge in [-0.15, -0.1) is 0 Å². The Morgan fingerprint density at radius 3 is 1.56 bits per heavy atom. The molecule has 0 aromatic heterocycles. The van der Waals surface area contributed by atoms with E-state index < -0.39 is 74.2 Å². The maximum atomic E-state index is 13.0. The van der Waals surface area contributed by atoms with Gasteiger partial charge in [0.05, 0.1) is 25.4 Å². The molecule has 0 spiro atoms. The third kappa shape index (κ3) is 26.2. The van der Waals surface area contributed by atoms with Gasteiger partial charge in [-0.05, 0) is 64.2 Å². The number of unbranched alkanes of at least 4 members (excludes halogenated alkanes) is 19. The number of aliphatic hydroxyl groups is 7. The highest BCUT2D eigenvalue weighted by Gasteiger charge is 2.44. The lowest BCUT2D eigenvalue weighted by atomic mass is 9.98. The molecule has 1 fully saturated rings. The zero-order chi connectivity index (χ0) is 41.9. The van der Waals surface area contributed by atoms with Gasteiger partial charge in [-0.1, -0.05) is 153 Å². The summed E-state index contributed by atoms with van der Waals surface area (Å²) in [6.45, 7) is 3.37. The Hall–Kier alpha value is -1.67. The Balaban J connectivity index is 2.46. The van der Waals surface area contributed by atoms with Crippen LogP contribution < -0.4 is 5.32 Å². The molecule has 0 saturated carbocycles. The highest BCUT2D eigenvalue weighted by molar-refractivity contribution is 5.80. The Bertz CT molecular complexity index is 1020. The largest absolute Gasteiger partial charge is 0.394 e. The van der Waals surface area contributed by atoms with Crippen molar-refractivity contribution in [2.24, 2.45) is 0 Å². The van der Waals surface area contributed by atoms with Crippen molar-refractivity contribution >= 4 is 5.91 Å². The van der Waals surface area contributed by atoms with E-state index in [0.717, 1.165) is 44.9 Å². The molecule has 1 saturated heterocycles. The Kier molecular flexibility index (Phi) is 33.9. The molecule has 8 N–H and O–H groups in total. The molecule has 1 rings (SSSR count). The maximum Gasteiger partial charge on any atom is 0.249 e. The minimum Gasteiger partial charge on any atom is -0.394 e. The Labute approximate surface area is 346 Å². The number of aliphatic hydroxyl groups excluding tert-OH is 7. The summed E-state index contributed by atoms with van der Waals surface area (Å²) in [4.78, 5) is 13.0. The van der Waals surface area contributed by atoms with Crippen LogP contribution >= 0.6 is 0 Å². The van der Waals surface area contributed by atoms with Gasteiger partial charge in [0.25, 0.3) is 0 Å². The van der Waals surface area contributed by atoms with Crippen molar-refractivity contribution in [3.8, 4) is 0 Å². The molecule has 1 heterocycles. The molecule has 334 valence electrons. The van der Waals surface area contributed by atoms with Crippen molar-refractivity contribution in [2.45, 2.75) is 236 Å². The zero-order valence-electron chi connectivity index (χ0n) is 35.8. The summed E-state index contributed by atoms with van der Waals surface area (Å²) in [5.41, 5.74) is 0. The Morgan fingerprint density at radius 1 is 0.596 bits per heavy atom. The summed E-state index contributed by atoms with van der Waals surface area (Å²) in [7, 11) is 0. The summed E-state index contributed by atoms with van der Waals surface area (Å²) in [6.07, 6.45) is 29.3. The Morgan fingerprint density at radius 2 is 1.05 bits per heavy atom. The number of allylic oxidation sites excluding steroid dienone is 6. The van der Waals surface area contributed by atoms with E-state index in [9.17, 15) is 40.5 Å². The smallest absolute Gasteiger partial charge is 0.249 e. The summed E-state index contributed by atoms with van der Waals surface area (Å²) in [6, 6.07) is -1.19. The van der Waals surface area contributed by atoms with Crippen LogP contribution in [0, 0.1) is 0 Å². The predicted molar refractivity (Wildman–Crippen MR) is 228 cm³/mol. The average molecular weight is 812 g/mol. The number of carbonyl (C=O) groups excluding carboxylic acids is 1. The molecule has 0 aromatic rings. The van der Waals surface area contributed by atoms with Crippen molar-refractivity contribution < 1.29 is 50.0 Å². The minimum atomic E-state index is -1.67. The third-order valence-corrected chi connectivity index (χ3v) is 10.9. The van der Waals surface area contributed by atoms with Crippen LogP contribution in [0.15, 0.2) is 36.5 Å². The minimum absolute atomic E-state index is 0.241. The first-order valence-corrected chi connectivity index (χ1v) is 22.9. The molecule has 0 aromatic carbocycles. The predicted octanol–water partition coefficient (Wildman–Crippen LogP) is 7.22. The lowest BCUT2D eigenvalue weighted by molar-refractivity contribution is -0.303. The molecule has 1 aliphatic rings. The van der Waals surface area contributed by atoms with Crippen LogP contribution in [0.3, 0.4) is 0 Å². The quantitative estimate of drug-likeness (QED) is 0.0235. The van der Waals surface area contributed by atoms with Gasteiger partial charge in [0, 0.05) is 0 Å². The first kappa shape index (κ1) is 53.3. The van der Waals surface area contributed by atoms with Crippen LogP contribution in [0.2, 0.25) is 0 Å². The molecule has 0 radical (unpaired) electrons. The summed E-state index contributed by atoms with van der Waals surface area (Å²) in [5, 5.41) is 75.4. The molecule has 0 bridgehead atoms. The molecule has 11 heteroatoms. The van der Waals surface area contributed by atoms with Crippen LogP contribution in [-0.4, -0.2) is 110 Å². The second-order valence-electron chi connectivity index (χ2n) is 16.1. The van der Waals surface area contributed by atoms with E-state index in [2.05, 4.69) is 55.6 Å². The van der Waals surface area contributed by atoms with Crippen molar-refractivity contribution in [3.63, 3.8) is 0 Å². The average Bonchev–Trinajstić information content (AvgIpc) is 3.21. The number of nitrogens with one attached hydrogen (secondary N) is 1. The van der Waals surface area contributed by atoms with E-state index in [0.29, 0.717) is 19.3 Å². The molecule has 1 aliphatic heterocycles. The van der Waals surface area contributed by atoms with E-state index >= 15 is 0 Å². The van der Waals surface area contributed by atoms with Crippen molar-refractivity contribution in [1.29, 1.82) is 0 Å².